The fourth-order valence-electron chi connectivity index (χ4n) is 8.47. The predicted molar refractivity (Wildman–Crippen MR) is 194 cm³/mol. The molecule has 5 rings (SSSR count). The minimum absolute atomic E-state index is 0.0930. The molecule has 0 N–H and O–H groups in total. The van der Waals surface area contributed by atoms with E-state index in [2.05, 4.69) is 5.16 Å². The van der Waals surface area contributed by atoms with Crippen LogP contribution in [0.1, 0.15) is 130 Å². The van der Waals surface area contributed by atoms with Crippen molar-refractivity contribution in [3.05, 3.63) is 34.9 Å². The monoisotopic (exact) mass is 709 g/mol. The Labute approximate surface area is 302 Å². The summed E-state index contributed by atoms with van der Waals surface area (Å²) in [6.45, 7) is 9.12. The van der Waals surface area contributed by atoms with E-state index in [1.807, 2.05) is 45.9 Å². The van der Waals surface area contributed by atoms with Gasteiger partial charge >= 0.3 is 0 Å². The van der Waals surface area contributed by atoms with Crippen LogP contribution in [0, 0.1) is 23.2 Å². The number of Topliss-reactive ketones (excluding diaryl/α,β-unsaturated/α-hetero) is 3. The van der Waals surface area contributed by atoms with E-state index in [-0.39, 0.29) is 43.3 Å². The van der Waals surface area contributed by atoms with Crippen molar-refractivity contribution in [1.29, 1.82) is 0 Å². The average molecular weight is 710 g/mol. The summed E-state index contributed by atoms with van der Waals surface area (Å²) in [5.74, 6) is -2.45. The van der Waals surface area contributed by atoms with Crippen LogP contribution in [-0.4, -0.2) is 76.0 Å². The summed E-state index contributed by atoms with van der Waals surface area (Å²) in [4.78, 5) is 78.8. The molecule has 1 aliphatic carbocycles. The number of halogens is 1. The minimum atomic E-state index is -0.934. The lowest BCUT2D eigenvalue weighted by Gasteiger charge is -2.35. The van der Waals surface area contributed by atoms with Crippen LogP contribution in [0.4, 0.5) is 0 Å². The van der Waals surface area contributed by atoms with Crippen molar-refractivity contribution in [3.8, 4) is 0 Å². The first-order valence-corrected chi connectivity index (χ1v) is 19.4. The number of hydrogen-bond donors (Lipinski definition) is 0. The van der Waals surface area contributed by atoms with E-state index in [4.69, 9.17) is 16.4 Å². The van der Waals surface area contributed by atoms with E-state index in [1.54, 1.807) is 15.9 Å². The number of ketones is 3. The normalized spacial score (nSPS) is 24.1. The van der Waals surface area contributed by atoms with Gasteiger partial charge in [0.1, 0.15) is 5.78 Å². The van der Waals surface area contributed by atoms with Gasteiger partial charge in [-0.15, -0.1) is 0 Å². The molecule has 3 heterocycles. The zero-order chi connectivity index (χ0) is 36.1. The predicted octanol–water partition coefficient (Wildman–Crippen LogP) is 7.35. The molecule has 3 fully saturated rings. The number of amides is 2. The van der Waals surface area contributed by atoms with Crippen LogP contribution in [0.5, 0.6) is 0 Å². The van der Waals surface area contributed by atoms with Gasteiger partial charge in [-0.25, -0.2) is 0 Å². The quantitative estimate of drug-likeness (QED) is 0.198. The number of likely N-dealkylation sites (tertiary alicyclic amines) is 2. The highest BCUT2D eigenvalue weighted by Crippen LogP contribution is 2.43. The fourth-order valence-corrected chi connectivity index (χ4v) is 8.66. The van der Waals surface area contributed by atoms with E-state index in [1.165, 1.54) is 6.42 Å². The van der Waals surface area contributed by atoms with Crippen molar-refractivity contribution in [2.45, 2.75) is 136 Å². The Kier molecular flexibility index (Phi) is 12.6. The maximum Gasteiger partial charge on any atom is 0.290 e. The number of carbonyl (C=O) groups is 5. The van der Waals surface area contributed by atoms with E-state index < -0.39 is 40.6 Å². The summed E-state index contributed by atoms with van der Waals surface area (Å²) < 4.78 is 0. The van der Waals surface area contributed by atoms with Gasteiger partial charge in [-0.05, 0) is 49.1 Å². The summed E-state index contributed by atoms with van der Waals surface area (Å²) >= 11 is 6.28. The molecule has 1 saturated carbocycles. The molecule has 274 valence electrons. The molecule has 4 atom stereocenters. The van der Waals surface area contributed by atoms with E-state index in [0.717, 1.165) is 50.5 Å². The SMILES string of the molecule is CCC[C@H](CC(=O)[C@@H]1C[C@]2(CC(c3cccc(Cl)c3)=NO2)CN1C(=O)[C@@H](CC(=O)CC1CCCCC1)C(C)(C)C)C(=O)C(=O)N1CCCCC1. The highest BCUT2D eigenvalue weighted by atomic mass is 35.5. The average Bonchev–Trinajstić information content (AvgIpc) is 3.70. The molecule has 3 aliphatic heterocycles. The molecule has 0 radical (unpaired) electrons. The molecule has 50 heavy (non-hydrogen) atoms. The second kappa shape index (κ2) is 16.5. The third kappa shape index (κ3) is 9.23. The van der Waals surface area contributed by atoms with Gasteiger partial charge in [-0.1, -0.05) is 95.1 Å². The van der Waals surface area contributed by atoms with Crippen molar-refractivity contribution in [3.63, 3.8) is 0 Å². The number of hydrogen-bond acceptors (Lipinski definition) is 7. The molecule has 4 aliphatic rings. The van der Waals surface area contributed by atoms with Gasteiger partial charge in [0.2, 0.25) is 11.7 Å². The van der Waals surface area contributed by atoms with Gasteiger partial charge in [-0.2, -0.15) is 0 Å². The summed E-state index contributed by atoms with van der Waals surface area (Å²) in [5.41, 5.74) is 0.0288. The molecule has 0 aromatic heterocycles. The minimum Gasteiger partial charge on any atom is -0.387 e. The first-order valence-electron chi connectivity index (χ1n) is 19.0. The number of nitrogens with zero attached hydrogens (tertiary/aromatic N) is 3. The van der Waals surface area contributed by atoms with Crippen molar-refractivity contribution in [2.75, 3.05) is 19.6 Å². The van der Waals surface area contributed by atoms with Crippen LogP contribution in [0.2, 0.25) is 5.02 Å². The number of oxime groups is 1. The lowest BCUT2D eigenvalue weighted by molar-refractivity contribution is -0.149. The maximum atomic E-state index is 14.7. The zero-order valence-electron chi connectivity index (χ0n) is 30.5. The van der Waals surface area contributed by atoms with Crippen molar-refractivity contribution >= 4 is 46.5 Å². The Morgan fingerprint density at radius 2 is 1.70 bits per heavy atom. The molecule has 1 spiro atoms. The number of carbonyl (C=O) groups excluding carboxylic acids is 5. The highest BCUT2D eigenvalue weighted by Gasteiger charge is 2.55. The lowest BCUT2D eigenvalue weighted by Crippen LogP contribution is -2.48. The molecule has 9 nitrogen and oxygen atoms in total. The Balaban J connectivity index is 1.39. The topological polar surface area (TPSA) is 113 Å². The van der Waals surface area contributed by atoms with Crippen LogP contribution < -0.4 is 0 Å². The summed E-state index contributed by atoms with van der Waals surface area (Å²) in [5, 5.41) is 4.99. The molecular formula is C40H56ClN3O6. The Morgan fingerprint density at radius 3 is 2.36 bits per heavy atom. The number of piperidine rings is 1. The van der Waals surface area contributed by atoms with E-state index in [0.29, 0.717) is 55.4 Å². The van der Waals surface area contributed by atoms with Gasteiger partial charge < -0.3 is 14.6 Å². The van der Waals surface area contributed by atoms with E-state index >= 15 is 0 Å². The van der Waals surface area contributed by atoms with Crippen molar-refractivity contribution < 1.29 is 28.8 Å². The molecule has 0 unspecified atom stereocenters. The zero-order valence-corrected chi connectivity index (χ0v) is 31.3. The van der Waals surface area contributed by atoms with Crippen LogP contribution in [0.3, 0.4) is 0 Å². The summed E-state index contributed by atoms with van der Waals surface area (Å²) in [6.07, 6.45) is 10.5. The van der Waals surface area contributed by atoms with Crippen LogP contribution in [0.25, 0.3) is 0 Å². The lowest BCUT2D eigenvalue weighted by atomic mass is 9.75. The molecule has 2 amide bonds. The summed E-state index contributed by atoms with van der Waals surface area (Å²) in [7, 11) is 0. The largest absolute Gasteiger partial charge is 0.387 e. The number of benzene rings is 1. The standard InChI is InChI=1S/C40H56ClN3O6/c1-5-13-29(36(47)38(49)43-18-10-7-11-19-43)22-35(46)34-25-40(24-33(42-50-40)28-16-12-17-30(41)21-28)26-44(34)37(48)32(39(2,3)4)23-31(45)20-27-14-8-6-9-15-27/h12,16-17,21,27,29,32,34H,5-11,13-15,18-20,22-26H2,1-4H3/t29-,32-,34+,40-/m1/s1. The fraction of sp³-hybridized carbons (Fsp3) is 0.700. The molecule has 1 aromatic rings. The van der Waals surface area contributed by atoms with E-state index in [9.17, 15) is 24.0 Å². The van der Waals surface area contributed by atoms with Gasteiger partial charge in [0.25, 0.3) is 5.91 Å². The highest BCUT2D eigenvalue weighted by molar-refractivity contribution is 6.37. The molecule has 10 heteroatoms. The van der Waals surface area contributed by atoms with Crippen molar-refractivity contribution in [1.82, 2.24) is 9.80 Å². The smallest absolute Gasteiger partial charge is 0.290 e. The Morgan fingerprint density at radius 1 is 1.00 bits per heavy atom. The summed E-state index contributed by atoms with van der Waals surface area (Å²) in [6, 6.07) is 6.48. The van der Waals surface area contributed by atoms with Crippen LogP contribution in [0.15, 0.2) is 29.4 Å². The maximum absolute atomic E-state index is 14.7. The van der Waals surface area contributed by atoms with Gasteiger partial charge in [0.05, 0.1) is 18.3 Å². The third-order valence-corrected chi connectivity index (χ3v) is 11.6. The van der Waals surface area contributed by atoms with Crippen LogP contribution in [-0.2, 0) is 28.8 Å². The van der Waals surface area contributed by atoms with Crippen molar-refractivity contribution in [2.24, 2.45) is 28.3 Å². The first-order chi connectivity index (χ1) is 23.8. The molecular weight excluding hydrogens is 654 g/mol. The molecule has 0 bridgehead atoms. The Hall–Kier alpha value is -3.07. The van der Waals surface area contributed by atoms with Crippen LogP contribution >= 0.6 is 11.6 Å². The second-order valence-electron chi connectivity index (χ2n) is 16.4. The third-order valence-electron chi connectivity index (χ3n) is 11.4. The van der Waals surface area contributed by atoms with Gasteiger partial charge in [0.15, 0.2) is 11.4 Å². The Bertz CT molecular complexity index is 1460. The van der Waals surface area contributed by atoms with Gasteiger partial charge in [-0.3, -0.25) is 24.0 Å². The molecule has 2 saturated heterocycles. The second-order valence-corrected chi connectivity index (χ2v) is 16.9. The number of rotatable bonds is 13. The molecule has 1 aromatic carbocycles. The van der Waals surface area contributed by atoms with Gasteiger partial charge in [0, 0.05) is 67.6 Å². The first kappa shape index (κ1) is 38.2.